The highest BCUT2D eigenvalue weighted by molar-refractivity contribution is 9.10. The van der Waals surface area contributed by atoms with Crippen molar-refractivity contribution < 1.29 is 9.53 Å². The molecule has 20 heavy (non-hydrogen) atoms. The molecule has 0 radical (unpaired) electrons. The summed E-state index contributed by atoms with van der Waals surface area (Å²) in [4.78, 5) is 16.0. The summed E-state index contributed by atoms with van der Waals surface area (Å²) in [5.41, 5.74) is 1.42. The maximum atomic E-state index is 12.0. The lowest BCUT2D eigenvalue weighted by molar-refractivity contribution is 0.0951. The van der Waals surface area contributed by atoms with Crippen LogP contribution in [0.3, 0.4) is 0 Å². The summed E-state index contributed by atoms with van der Waals surface area (Å²) in [7, 11) is 1.55. The number of hydrogen-bond donors (Lipinski definition) is 1. The normalized spacial score (nSPS) is 10.2. The topological polar surface area (TPSA) is 51.2 Å². The third-order valence-corrected chi connectivity index (χ3v) is 3.88. The molecular weight excluding hydrogens is 344 g/mol. The molecule has 1 N–H and O–H groups in total. The average Bonchev–Trinajstić information content (AvgIpc) is 2.47. The third-order valence-electron chi connectivity index (χ3n) is 2.64. The Morgan fingerprint density at radius 3 is 2.90 bits per heavy atom. The number of methoxy groups -OCH3 is 1. The second kappa shape index (κ2) is 6.72. The number of halogens is 2. The molecule has 0 aliphatic carbocycles. The van der Waals surface area contributed by atoms with E-state index >= 15 is 0 Å². The highest BCUT2D eigenvalue weighted by atomic mass is 79.9. The van der Waals surface area contributed by atoms with Crippen molar-refractivity contribution in [2.45, 2.75) is 6.54 Å². The Bertz CT molecular complexity index is 634. The van der Waals surface area contributed by atoms with Crippen molar-refractivity contribution in [1.82, 2.24) is 10.3 Å². The van der Waals surface area contributed by atoms with E-state index < -0.39 is 0 Å². The van der Waals surface area contributed by atoms with Crippen LogP contribution in [-0.2, 0) is 6.54 Å². The number of nitrogens with one attached hydrogen (secondary N) is 1. The number of pyridine rings is 1. The Morgan fingerprint density at radius 2 is 2.20 bits per heavy atom. The highest BCUT2D eigenvalue weighted by Crippen LogP contribution is 2.23. The van der Waals surface area contributed by atoms with Gasteiger partial charge in [0.05, 0.1) is 12.1 Å². The molecule has 0 saturated carbocycles. The highest BCUT2D eigenvalue weighted by Gasteiger charge is 2.08. The van der Waals surface area contributed by atoms with Crippen molar-refractivity contribution in [3.8, 4) is 5.88 Å². The molecule has 0 spiro atoms. The molecule has 2 aromatic rings. The van der Waals surface area contributed by atoms with E-state index in [-0.39, 0.29) is 5.91 Å². The van der Waals surface area contributed by atoms with Gasteiger partial charge in [-0.15, -0.1) is 0 Å². The SMILES string of the molecule is COc1cc(CNC(=O)c2ccc(Br)c(Cl)c2)ccn1. The van der Waals surface area contributed by atoms with Gasteiger partial charge in [-0.1, -0.05) is 11.6 Å². The van der Waals surface area contributed by atoms with E-state index in [2.05, 4.69) is 26.2 Å². The predicted molar refractivity (Wildman–Crippen MR) is 81.1 cm³/mol. The molecule has 0 aliphatic rings. The third kappa shape index (κ3) is 3.71. The van der Waals surface area contributed by atoms with Gasteiger partial charge in [-0.2, -0.15) is 0 Å². The number of carbonyl (C=O) groups excluding carboxylic acids is 1. The summed E-state index contributed by atoms with van der Waals surface area (Å²) in [6, 6.07) is 8.66. The minimum atomic E-state index is -0.185. The molecule has 1 heterocycles. The zero-order valence-corrected chi connectivity index (χ0v) is 13.0. The summed E-state index contributed by atoms with van der Waals surface area (Å²) in [5.74, 6) is 0.332. The quantitative estimate of drug-likeness (QED) is 0.914. The number of carbonyl (C=O) groups is 1. The van der Waals surface area contributed by atoms with E-state index in [0.717, 1.165) is 10.0 Å². The summed E-state index contributed by atoms with van der Waals surface area (Å²) in [6.45, 7) is 0.394. The van der Waals surface area contributed by atoms with E-state index in [4.69, 9.17) is 16.3 Å². The van der Waals surface area contributed by atoms with Crippen LogP contribution in [-0.4, -0.2) is 18.0 Å². The number of ether oxygens (including phenoxy) is 1. The number of nitrogens with zero attached hydrogens (tertiary/aromatic N) is 1. The first-order valence-electron chi connectivity index (χ1n) is 5.82. The van der Waals surface area contributed by atoms with E-state index in [9.17, 15) is 4.79 Å². The number of rotatable bonds is 4. The molecule has 0 saturated heterocycles. The maximum Gasteiger partial charge on any atom is 0.251 e. The first kappa shape index (κ1) is 14.8. The fourth-order valence-corrected chi connectivity index (χ4v) is 2.02. The Morgan fingerprint density at radius 1 is 1.40 bits per heavy atom. The van der Waals surface area contributed by atoms with Gasteiger partial charge in [0.2, 0.25) is 5.88 Å². The predicted octanol–water partition coefficient (Wildman–Crippen LogP) is 3.44. The number of amides is 1. The van der Waals surface area contributed by atoms with E-state index in [0.29, 0.717) is 23.0 Å². The zero-order chi connectivity index (χ0) is 14.5. The Kier molecular flexibility index (Phi) is 4.98. The lowest BCUT2D eigenvalue weighted by Crippen LogP contribution is -2.22. The zero-order valence-electron chi connectivity index (χ0n) is 10.7. The number of aromatic nitrogens is 1. The molecule has 1 amide bonds. The van der Waals surface area contributed by atoms with E-state index in [1.54, 1.807) is 37.6 Å². The van der Waals surface area contributed by atoms with Crippen molar-refractivity contribution in [2.24, 2.45) is 0 Å². The standard InChI is InChI=1S/C14H12BrClN2O2/c1-20-13-6-9(4-5-17-13)8-18-14(19)10-2-3-11(15)12(16)7-10/h2-7H,8H2,1H3,(H,18,19). The Balaban J connectivity index is 2.02. The van der Waals surface area contributed by atoms with Gasteiger partial charge in [0.15, 0.2) is 0 Å². The molecule has 104 valence electrons. The summed E-state index contributed by atoms with van der Waals surface area (Å²) < 4.78 is 5.79. The minimum absolute atomic E-state index is 0.185. The summed E-state index contributed by atoms with van der Waals surface area (Å²) in [6.07, 6.45) is 1.64. The summed E-state index contributed by atoms with van der Waals surface area (Å²) in [5, 5.41) is 3.32. The van der Waals surface area contributed by atoms with Gasteiger partial charge in [-0.25, -0.2) is 4.98 Å². The molecule has 0 fully saturated rings. The van der Waals surface area contributed by atoms with Crippen molar-refractivity contribution in [3.63, 3.8) is 0 Å². The first-order chi connectivity index (χ1) is 9.60. The lowest BCUT2D eigenvalue weighted by Gasteiger charge is -2.07. The second-order valence-electron chi connectivity index (χ2n) is 4.02. The smallest absolute Gasteiger partial charge is 0.251 e. The van der Waals surface area contributed by atoms with Gasteiger partial charge >= 0.3 is 0 Å². The molecule has 0 unspecified atom stereocenters. The van der Waals surface area contributed by atoms with Crippen LogP contribution in [0.1, 0.15) is 15.9 Å². The van der Waals surface area contributed by atoms with Gasteiger partial charge in [0.25, 0.3) is 5.91 Å². The number of benzene rings is 1. The average molecular weight is 356 g/mol. The van der Waals surface area contributed by atoms with Crippen molar-refractivity contribution in [2.75, 3.05) is 7.11 Å². The minimum Gasteiger partial charge on any atom is -0.481 e. The van der Waals surface area contributed by atoms with E-state index in [1.165, 1.54) is 0 Å². The second-order valence-corrected chi connectivity index (χ2v) is 5.28. The van der Waals surface area contributed by atoms with E-state index in [1.807, 2.05) is 6.07 Å². The van der Waals surface area contributed by atoms with Crippen LogP contribution in [0.4, 0.5) is 0 Å². The molecule has 0 bridgehead atoms. The largest absolute Gasteiger partial charge is 0.481 e. The Labute approximate surface area is 130 Å². The first-order valence-corrected chi connectivity index (χ1v) is 6.99. The van der Waals surface area contributed by atoms with Gasteiger partial charge in [0.1, 0.15) is 0 Å². The van der Waals surface area contributed by atoms with Crippen LogP contribution in [0.15, 0.2) is 41.0 Å². The molecule has 4 nitrogen and oxygen atoms in total. The lowest BCUT2D eigenvalue weighted by atomic mass is 10.2. The maximum absolute atomic E-state index is 12.0. The van der Waals surface area contributed by atoms with Crippen molar-refractivity contribution in [1.29, 1.82) is 0 Å². The number of hydrogen-bond acceptors (Lipinski definition) is 3. The molecule has 2 rings (SSSR count). The molecule has 0 atom stereocenters. The summed E-state index contributed by atoms with van der Waals surface area (Å²) >= 11 is 9.25. The van der Waals surface area contributed by atoms with Crippen LogP contribution in [0.25, 0.3) is 0 Å². The van der Waals surface area contributed by atoms with Crippen molar-refractivity contribution in [3.05, 3.63) is 57.2 Å². The molecular formula is C14H12BrClN2O2. The van der Waals surface area contributed by atoms with Crippen LogP contribution >= 0.6 is 27.5 Å². The van der Waals surface area contributed by atoms with Crippen LogP contribution in [0, 0.1) is 0 Å². The monoisotopic (exact) mass is 354 g/mol. The molecule has 1 aromatic heterocycles. The van der Waals surface area contributed by atoms with Gasteiger partial charge < -0.3 is 10.1 Å². The molecule has 1 aromatic carbocycles. The van der Waals surface area contributed by atoms with Crippen LogP contribution in [0.2, 0.25) is 5.02 Å². The fourth-order valence-electron chi connectivity index (χ4n) is 1.59. The van der Waals surface area contributed by atoms with Gasteiger partial charge in [-0.05, 0) is 45.8 Å². The Hall–Kier alpha value is -1.59. The molecule has 0 aliphatic heterocycles. The van der Waals surface area contributed by atoms with Gasteiger partial charge in [-0.3, -0.25) is 4.79 Å². The fraction of sp³-hybridized carbons (Fsp3) is 0.143. The molecule has 6 heteroatoms. The van der Waals surface area contributed by atoms with Gasteiger partial charge in [0, 0.05) is 28.8 Å². The van der Waals surface area contributed by atoms with Crippen LogP contribution < -0.4 is 10.1 Å². The van der Waals surface area contributed by atoms with Crippen LogP contribution in [0.5, 0.6) is 5.88 Å². The van der Waals surface area contributed by atoms with Crippen molar-refractivity contribution >= 4 is 33.4 Å².